The van der Waals surface area contributed by atoms with Gasteiger partial charge in [0.25, 0.3) is 0 Å². The minimum absolute atomic E-state index is 0.216. The van der Waals surface area contributed by atoms with Gasteiger partial charge in [0, 0.05) is 24.5 Å². The Balaban J connectivity index is 2.59. The summed E-state index contributed by atoms with van der Waals surface area (Å²) in [5, 5.41) is 5.23. The lowest BCUT2D eigenvalue weighted by Gasteiger charge is -2.17. The normalized spacial score (nSPS) is 13.4. The number of nitrogens with zero attached hydrogens (tertiary/aromatic N) is 3. The van der Waals surface area contributed by atoms with E-state index in [9.17, 15) is 0 Å². The maximum atomic E-state index is 6.17. The van der Waals surface area contributed by atoms with E-state index >= 15 is 0 Å². The van der Waals surface area contributed by atoms with Gasteiger partial charge in [0.15, 0.2) is 0 Å². The first-order valence-electron chi connectivity index (χ1n) is 5.42. The molecule has 0 aliphatic rings. The number of hydrogen-bond acceptors (Lipinski definition) is 2. The zero-order chi connectivity index (χ0) is 12.3. The first kappa shape index (κ1) is 13.8. The molecule has 1 unspecified atom stereocenters. The van der Waals surface area contributed by atoms with Crippen LogP contribution < -0.4 is 0 Å². The fraction of sp³-hybridized carbons (Fsp3) is 0.727. The second-order valence-corrected chi connectivity index (χ2v) is 5.39. The molecule has 0 fully saturated rings. The maximum Gasteiger partial charge on any atom is 0.131 e. The van der Waals surface area contributed by atoms with Crippen LogP contribution in [0.3, 0.4) is 0 Å². The van der Waals surface area contributed by atoms with Crippen LogP contribution in [-0.2, 0) is 13.6 Å². The van der Waals surface area contributed by atoms with Crippen molar-refractivity contribution in [2.45, 2.75) is 32.2 Å². The maximum absolute atomic E-state index is 6.17. The van der Waals surface area contributed by atoms with E-state index in [2.05, 4.69) is 17.0 Å². The van der Waals surface area contributed by atoms with Crippen LogP contribution in [0, 0.1) is 6.92 Å². The van der Waals surface area contributed by atoms with Crippen LogP contribution in [0.4, 0.5) is 0 Å². The fourth-order valence-corrected chi connectivity index (χ4v) is 1.93. The predicted octanol–water partition coefficient (Wildman–Crippen LogP) is 2.83. The van der Waals surface area contributed by atoms with Crippen LogP contribution in [0.5, 0.6) is 0 Å². The molecule has 0 saturated carbocycles. The van der Waals surface area contributed by atoms with Crippen molar-refractivity contribution in [1.82, 2.24) is 14.7 Å². The molecule has 0 saturated heterocycles. The topological polar surface area (TPSA) is 21.1 Å². The fourth-order valence-electron chi connectivity index (χ4n) is 1.60. The Hall–Kier alpha value is -0.250. The van der Waals surface area contributed by atoms with Crippen LogP contribution in [0.25, 0.3) is 0 Å². The molecule has 1 heterocycles. The number of aryl methyl sites for hydroxylation is 2. The third-order valence-corrected chi connectivity index (χ3v) is 3.30. The Labute approximate surface area is 107 Å². The van der Waals surface area contributed by atoms with Crippen molar-refractivity contribution in [3.63, 3.8) is 0 Å². The van der Waals surface area contributed by atoms with E-state index in [1.54, 1.807) is 4.68 Å². The Morgan fingerprint density at radius 1 is 1.50 bits per heavy atom. The van der Waals surface area contributed by atoms with Crippen molar-refractivity contribution in [1.29, 1.82) is 0 Å². The van der Waals surface area contributed by atoms with Gasteiger partial charge in [-0.1, -0.05) is 11.6 Å². The summed E-state index contributed by atoms with van der Waals surface area (Å²) in [4.78, 5) is 2.22. The molecule has 16 heavy (non-hydrogen) atoms. The molecular formula is C11H19Cl2N3. The van der Waals surface area contributed by atoms with Crippen LogP contribution >= 0.6 is 23.2 Å². The Morgan fingerprint density at radius 3 is 2.56 bits per heavy atom. The SMILES string of the molecule is Cc1nn(C)c(Cl)c1CN(C)CCC(C)Cl. The molecule has 1 aromatic heterocycles. The van der Waals surface area contributed by atoms with Crippen LogP contribution in [-0.4, -0.2) is 33.6 Å². The van der Waals surface area contributed by atoms with Gasteiger partial charge < -0.3 is 4.90 Å². The molecule has 0 amide bonds. The van der Waals surface area contributed by atoms with Crippen molar-refractivity contribution in [2.75, 3.05) is 13.6 Å². The van der Waals surface area contributed by atoms with Gasteiger partial charge in [-0.2, -0.15) is 5.10 Å². The highest BCUT2D eigenvalue weighted by atomic mass is 35.5. The smallest absolute Gasteiger partial charge is 0.131 e. The molecule has 0 bridgehead atoms. The number of aromatic nitrogens is 2. The second-order valence-electron chi connectivity index (χ2n) is 4.29. The average molecular weight is 264 g/mol. The number of halogens is 2. The molecule has 0 aliphatic heterocycles. The predicted molar refractivity (Wildman–Crippen MR) is 69.2 cm³/mol. The van der Waals surface area contributed by atoms with Gasteiger partial charge in [-0.15, -0.1) is 11.6 Å². The number of alkyl halides is 1. The average Bonchev–Trinajstić information content (AvgIpc) is 2.42. The lowest BCUT2D eigenvalue weighted by Crippen LogP contribution is -2.21. The van der Waals surface area contributed by atoms with E-state index in [1.165, 1.54) is 0 Å². The molecule has 0 radical (unpaired) electrons. The molecule has 1 aromatic rings. The lowest BCUT2D eigenvalue weighted by atomic mass is 10.2. The monoisotopic (exact) mass is 263 g/mol. The number of hydrogen-bond donors (Lipinski definition) is 0. The molecule has 92 valence electrons. The molecule has 0 N–H and O–H groups in total. The van der Waals surface area contributed by atoms with Crippen molar-refractivity contribution >= 4 is 23.2 Å². The van der Waals surface area contributed by atoms with E-state index in [1.807, 2.05) is 20.9 Å². The summed E-state index contributed by atoms with van der Waals surface area (Å²) in [6.07, 6.45) is 0.981. The van der Waals surface area contributed by atoms with E-state index in [0.717, 1.165) is 35.9 Å². The lowest BCUT2D eigenvalue weighted by molar-refractivity contribution is 0.321. The van der Waals surface area contributed by atoms with Gasteiger partial charge in [0.1, 0.15) is 5.15 Å². The molecule has 1 rings (SSSR count). The molecular weight excluding hydrogens is 245 g/mol. The molecule has 3 nitrogen and oxygen atoms in total. The molecule has 0 aromatic carbocycles. The highest BCUT2D eigenvalue weighted by Gasteiger charge is 2.13. The van der Waals surface area contributed by atoms with Crippen molar-refractivity contribution in [3.05, 3.63) is 16.4 Å². The summed E-state index contributed by atoms with van der Waals surface area (Å²) in [5.74, 6) is 0. The minimum atomic E-state index is 0.216. The second kappa shape index (κ2) is 5.89. The molecule has 0 spiro atoms. The Kier molecular flexibility index (Phi) is 5.09. The van der Waals surface area contributed by atoms with Crippen molar-refractivity contribution in [3.8, 4) is 0 Å². The first-order chi connectivity index (χ1) is 7.41. The summed E-state index contributed by atoms with van der Waals surface area (Å²) in [7, 11) is 3.93. The minimum Gasteiger partial charge on any atom is -0.302 e. The summed E-state index contributed by atoms with van der Waals surface area (Å²) in [5.41, 5.74) is 2.10. The largest absolute Gasteiger partial charge is 0.302 e. The summed E-state index contributed by atoms with van der Waals surface area (Å²) >= 11 is 12.1. The van der Waals surface area contributed by atoms with Gasteiger partial charge in [-0.3, -0.25) is 4.68 Å². The summed E-state index contributed by atoms with van der Waals surface area (Å²) < 4.78 is 1.71. The van der Waals surface area contributed by atoms with Gasteiger partial charge in [-0.05, 0) is 33.9 Å². The zero-order valence-corrected chi connectivity index (χ0v) is 11.8. The third kappa shape index (κ3) is 3.65. The Morgan fingerprint density at radius 2 is 2.12 bits per heavy atom. The van der Waals surface area contributed by atoms with E-state index < -0.39 is 0 Å². The van der Waals surface area contributed by atoms with Gasteiger partial charge in [0.2, 0.25) is 0 Å². The van der Waals surface area contributed by atoms with Gasteiger partial charge in [-0.25, -0.2) is 0 Å². The highest BCUT2D eigenvalue weighted by Crippen LogP contribution is 2.20. The zero-order valence-electron chi connectivity index (χ0n) is 10.3. The molecule has 1 atom stereocenters. The van der Waals surface area contributed by atoms with Crippen LogP contribution in [0.15, 0.2) is 0 Å². The van der Waals surface area contributed by atoms with Gasteiger partial charge >= 0.3 is 0 Å². The van der Waals surface area contributed by atoms with E-state index in [0.29, 0.717) is 0 Å². The van der Waals surface area contributed by atoms with Crippen LogP contribution in [0.2, 0.25) is 5.15 Å². The summed E-state index contributed by atoms with van der Waals surface area (Å²) in [6, 6.07) is 0. The van der Waals surface area contributed by atoms with Crippen molar-refractivity contribution in [2.24, 2.45) is 7.05 Å². The standard InChI is InChI=1S/C11H19Cl2N3/c1-8(12)5-6-15(3)7-10-9(2)14-16(4)11(10)13/h8H,5-7H2,1-4H3. The highest BCUT2D eigenvalue weighted by molar-refractivity contribution is 6.30. The van der Waals surface area contributed by atoms with Crippen LogP contribution in [0.1, 0.15) is 24.6 Å². The van der Waals surface area contributed by atoms with Gasteiger partial charge in [0.05, 0.1) is 5.69 Å². The molecule has 5 heteroatoms. The summed E-state index contributed by atoms with van der Waals surface area (Å²) in [6.45, 7) is 5.79. The van der Waals surface area contributed by atoms with Crippen molar-refractivity contribution < 1.29 is 0 Å². The van der Waals surface area contributed by atoms with E-state index in [4.69, 9.17) is 23.2 Å². The molecule has 0 aliphatic carbocycles. The third-order valence-electron chi connectivity index (χ3n) is 2.61. The Bertz CT molecular complexity index is 347. The quantitative estimate of drug-likeness (QED) is 0.762. The first-order valence-corrected chi connectivity index (χ1v) is 6.23. The van der Waals surface area contributed by atoms with E-state index in [-0.39, 0.29) is 5.38 Å². The number of rotatable bonds is 5.